The van der Waals surface area contributed by atoms with Crippen LogP contribution < -0.4 is 10.2 Å². The first-order chi connectivity index (χ1) is 11.2. The number of anilines is 1. The smallest absolute Gasteiger partial charge is 0.253 e. The first-order valence-electron chi connectivity index (χ1n) is 8.03. The maximum Gasteiger partial charge on any atom is 0.253 e. The molecule has 0 saturated carbocycles. The molecule has 1 saturated heterocycles. The van der Waals surface area contributed by atoms with Crippen molar-refractivity contribution in [1.82, 2.24) is 15.2 Å². The number of amides is 2. The molecule has 0 radical (unpaired) electrons. The molecule has 2 rings (SSSR count). The van der Waals surface area contributed by atoms with Gasteiger partial charge in [-0.2, -0.15) is 0 Å². The van der Waals surface area contributed by atoms with Crippen molar-refractivity contribution in [1.29, 1.82) is 0 Å². The summed E-state index contributed by atoms with van der Waals surface area (Å²) in [5.74, 6) is 0.695. The molecule has 0 aromatic carbocycles. The summed E-state index contributed by atoms with van der Waals surface area (Å²) in [5.41, 5.74) is 0.504. The highest BCUT2D eigenvalue weighted by atomic mass is 16.2. The molecule has 6 heteroatoms. The highest BCUT2D eigenvalue weighted by molar-refractivity contribution is 5.94. The monoisotopic (exact) mass is 316 g/mol. The molecule has 23 heavy (non-hydrogen) atoms. The predicted molar refractivity (Wildman–Crippen MR) is 90.5 cm³/mol. The molecule has 1 N–H and O–H groups in total. The van der Waals surface area contributed by atoms with E-state index >= 15 is 0 Å². The van der Waals surface area contributed by atoms with Gasteiger partial charge in [-0.15, -0.1) is 6.58 Å². The quantitative estimate of drug-likeness (QED) is 0.807. The molecular formula is C17H24N4O2. The standard InChI is InChI=1S/C17H24N4O2/c1-3-8-18-17(23)14-6-7-15(19-12-14)21-11-5-10-20(9-4-2)16(22)13-21/h3,6-7,12H,1,4-5,8-11,13H2,2H3,(H,18,23). The van der Waals surface area contributed by atoms with Gasteiger partial charge in [0.2, 0.25) is 5.91 Å². The molecule has 0 spiro atoms. The fourth-order valence-electron chi connectivity index (χ4n) is 2.60. The van der Waals surface area contributed by atoms with Crippen LogP contribution in [0.25, 0.3) is 0 Å². The minimum Gasteiger partial charge on any atom is -0.349 e. The second-order valence-corrected chi connectivity index (χ2v) is 5.56. The Kier molecular flexibility index (Phi) is 6.14. The van der Waals surface area contributed by atoms with Crippen LogP contribution in [0.15, 0.2) is 31.0 Å². The second kappa shape index (κ2) is 8.31. The van der Waals surface area contributed by atoms with Crippen LogP contribution in [0.4, 0.5) is 5.82 Å². The van der Waals surface area contributed by atoms with E-state index in [1.807, 2.05) is 9.80 Å². The van der Waals surface area contributed by atoms with E-state index in [-0.39, 0.29) is 11.8 Å². The minimum atomic E-state index is -0.176. The molecule has 0 unspecified atom stereocenters. The maximum atomic E-state index is 12.3. The summed E-state index contributed by atoms with van der Waals surface area (Å²) in [6, 6.07) is 3.53. The third-order valence-electron chi connectivity index (χ3n) is 3.77. The third-order valence-corrected chi connectivity index (χ3v) is 3.77. The topological polar surface area (TPSA) is 65.5 Å². The van der Waals surface area contributed by atoms with Crippen LogP contribution in [0.5, 0.6) is 0 Å². The second-order valence-electron chi connectivity index (χ2n) is 5.56. The molecular weight excluding hydrogens is 292 g/mol. The zero-order chi connectivity index (χ0) is 16.7. The maximum absolute atomic E-state index is 12.3. The Bertz CT molecular complexity index is 556. The number of aromatic nitrogens is 1. The molecule has 0 aliphatic carbocycles. The van der Waals surface area contributed by atoms with Crippen LogP contribution in [0.2, 0.25) is 0 Å². The first kappa shape index (κ1) is 17.0. The number of hydrogen-bond acceptors (Lipinski definition) is 4. The molecule has 1 aliphatic heterocycles. The molecule has 2 amide bonds. The van der Waals surface area contributed by atoms with Crippen molar-refractivity contribution in [3.05, 3.63) is 36.5 Å². The van der Waals surface area contributed by atoms with Crippen molar-refractivity contribution < 1.29 is 9.59 Å². The summed E-state index contributed by atoms with van der Waals surface area (Å²) in [6.45, 7) is 8.81. The Balaban J connectivity index is 2.02. The lowest BCUT2D eigenvalue weighted by molar-refractivity contribution is -0.129. The van der Waals surface area contributed by atoms with Crippen LogP contribution in [0.1, 0.15) is 30.1 Å². The molecule has 1 aliphatic rings. The van der Waals surface area contributed by atoms with Crippen molar-refractivity contribution in [3.63, 3.8) is 0 Å². The molecule has 1 aromatic rings. The lowest BCUT2D eigenvalue weighted by Gasteiger charge is -2.22. The van der Waals surface area contributed by atoms with E-state index in [0.717, 1.165) is 38.3 Å². The SMILES string of the molecule is C=CCNC(=O)c1ccc(N2CCCN(CCC)C(=O)C2)nc1. The largest absolute Gasteiger partial charge is 0.349 e. The van der Waals surface area contributed by atoms with Crippen LogP contribution in [-0.2, 0) is 4.79 Å². The fraction of sp³-hybridized carbons (Fsp3) is 0.471. The van der Waals surface area contributed by atoms with E-state index in [4.69, 9.17) is 0 Å². The van der Waals surface area contributed by atoms with E-state index in [1.165, 1.54) is 0 Å². The van der Waals surface area contributed by atoms with E-state index in [0.29, 0.717) is 18.7 Å². The van der Waals surface area contributed by atoms with Crippen molar-refractivity contribution in [2.75, 3.05) is 37.6 Å². The van der Waals surface area contributed by atoms with Crippen LogP contribution >= 0.6 is 0 Å². The highest BCUT2D eigenvalue weighted by Gasteiger charge is 2.22. The van der Waals surface area contributed by atoms with E-state index in [1.54, 1.807) is 24.4 Å². The van der Waals surface area contributed by atoms with Gasteiger partial charge in [0.15, 0.2) is 0 Å². The van der Waals surface area contributed by atoms with Gasteiger partial charge < -0.3 is 15.1 Å². The lowest BCUT2D eigenvalue weighted by Crippen LogP contribution is -2.37. The Morgan fingerprint density at radius 2 is 2.26 bits per heavy atom. The van der Waals surface area contributed by atoms with Crippen LogP contribution in [-0.4, -0.2) is 54.4 Å². The number of hydrogen-bond donors (Lipinski definition) is 1. The number of carbonyl (C=O) groups excluding carboxylic acids is 2. The van der Waals surface area contributed by atoms with Crippen LogP contribution in [0.3, 0.4) is 0 Å². The van der Waals surface area contributed by atoms with Gasteiger partial charge in [-0.25, -0.2) is 4.98 Å². The number of nitrogens with one attached hydrogen (secondary N) is 1. The Morgan fingerprint density at radius 3 is 2.91 bits per heavy atom. The number of rotatable bonds is 6. The van der Waals surface area contributed by atoms with Gasteiger partial charge in [0, 0.05) is 32.4 Å². The zero-order valence-corrected chi connectivity index (χ0v) is 13.6. The molecule has 0 bridgehead atoms. The number of nitrogens with zero attached hydrogens (tertiary/aromatic N) is 3. The molecule has 6 nitrogen and oxygen atoms in total. The molecule has 124 valence electrons. The summed E-state index contributed by atoms with van der Waals surface area (Å²) < 4.78 is 0. The van der Waals surface area contributed by atoms with Crippen molar-refractivity contribution in [3.8, 4) is 0 Å². The Labute approximate surface area is 137 Å². The molecule has 1 fully saturated rings. The van der Waals surface area contributed by atoms with Crippen molar-refractivity contribution in [2.24, 2.45) is 0 Å². The van der Waals surface area contributed by atoms with E-state index < -0.39 is 0 Å². The number of carbonyl (C=O) groups is 2. The predicted octanol–water partition coefficient (Wildman–Crippen LogP) is 1.45. The summed E-state index contributed by atoms with van der Waals surface area (Å²) in [5, 5.41) is 2.71. The van der Waals surface area contributed by atoms with Gasteiger partial charge in [0.1, 0.15) is 5.82 Å². The molecule has 2 heterocycles. The van der Waals surface area contributed by atoms with Gasteiger partial charge >= 0.3 is 0 Å². The Hall–Kier alpha value is -2.37. The van der Waals surface area contributed by atoms with Crippen molar-refractivity contribution >= 4 is 17.6 Å². The normalized spacial score (nSPS) is 15.3. The first-order valence-corrected chi connectivity index (χ1v) is 8.03. The summed E-state index contributed by atoms with van der Waals surface area (Å²) in [7, 11) is 0. The fourth-order valence-corrected chi connectivity index (χ4v) is 2.60. The third kappa shape index (κ3) is 4.55. The summed E-state index contributed by atoms with van der Waals surface area (Å²) in [4.78, 5) is 32.3. The van der Waals surface area contributed by atoms with Gasteiger partial charge in [0.05, 0.1) is 12.1 Å². The number of pyridine rings is 1. The van der Waals surface area contributed by atoms with Gasteiger partial charge in [-0.1, -0.05) is 13.0 Å². The summed E-state index contributed by atoms with van der Waals surface area (Å²) >= 11 is 0. The van der Waals surface area contributed by atoms with E-state index in [9.17, 15) is 9.59 Å². The molecule has 1 aromatic heterocycles. The lowest BCUT2D eigenvalue weighted by atomic mass is 10.2. The average Bonchev–Trinajstić information content (AvgIpc) is 2.75. The van der Waals surface area contributed by atoms with Crippen LogP contribution in [0, 0.1) is 0 Å². The van der Waals surface area contributed by atoms with Gasteiger partial charge in [-0.3, -0.25) is 9.59 Å². The van der Waals surface area contributed by atoms with Gasteiger partial charge in [0.25, 0.3) is 5.91 Å². The Morgan fingerprint density at radius 1 is 1.43 bits per heavy atom. The minimum absolute atomic E-state index is 0.138. The van der Waals surface area contributed by atoms with E-state index in [2.05, 4.69) is 23.8 Å². The average molecular weight is 316 g/mol. The highest BCUT2D eigenvalue weighted by Crippen LogP contribution is 2.15. The van der Waals surface area contributed by atoms with Gasteiger partial charge in [-0.05, 0) is 25.0 Å². The zero-order valence-electron chi connectivity index (χ0n) is 13.6. The summed E-state index contributed by atoms with van der Waals surface area (Å²) in [6.07, 6.45) is 5.07. The molecule has 0 atom stereocenters. The van der Waals surface area contributed by atoms with Crippen molar-refractivity contribution in [2.45, 2.75) is 19.8 Å².